The summed E-state index contributed by atoms with van der Waals surface area (Å²) in [5.41, 5.74) is 0. The maximum Gasteiger partial charge on any atom is 0.228 e. The quantitative estimate of drug-likeness (QED) is 0.761. The molecule has 2 saturated heterocycles. The molecule has 1 atom stereocenters. The maximum absolute atomic E-state index is 12.8. The Balaban J connectivity index is 1.25. The number of aromatic nitrogens is 2. The van der Waals surface area contributed by atoms with Crippen LogP contribution in [0.15, 0.2) is 4.52 Å². The molecule has 0 unspecified atom stereocenters. The topological polar surface area (TPSA) is 82.8 Å². The molecule has 8 nitrogen and oxygen atoms in total. The molecule has 136 valence electrons. The Labute approximate surface area is 147 Å². The molecule has 1 aromatic rings. The number of carbonyl (C=O) groups is 2. The molecule has 2 aliphatic heterocycles. The van der Waals surface area contributed by atoms with Crippen LogP contribution in [0.2, 0.25) is 0 Å². The van der Waals surface area contributed by atoms with E-state index in [0.29, 0.717) is 50.2 Å². The fraction of sp³-hybridized carbons (Fsp3) is 0.765. The van der Waals surface area contributed by atoms with Gasteiger partial charge >= 0.3 is 0 Å². The van der Waals surface area contributed by atoms with Crippen LogP contribution in [0.5, 0.6) is 0 Å². The molecule has 3 fully saturated rings. The first kappa shape index (κ1) is 16.5. The van der Waals surface area contributed by atoms with Crippen molar-refractivity contribution in [3.05, 3.63) is 11.7 Å². The zero-order chi connectivity index (χ0) is 17.4. The average Bonchev–Trinajstić information content (AvgIpc) is 3.22. The summed E-state index contributed by atoms with van der Waals surface area (Å²) in [4.78, 5) is 35.1. The van der Waals surface area contributed by atoms with Crippen LogP contribution in [0.25, 0.3) is 0 Å². The third-order valence-corrected chi connectivity index (χ3v) is 5.36. The molecule has 4 rings (SSSR count). The first-order valence-electron chi connectivity index (χ1n) is 9.16. The maximum atomic E-state index is 12.8. The van der Waals surface area contributed by atoms with E-state index in [2.05, 4.69) is 15.0 Å². The summed E-state index contributed by atoms with van der Waals surface area (Å²) in [5.74, 6) is 2.07. The van der Waals surface area contributed by atoms with Crippen LogP contribution in [0.1, 0.15) is 31.0 Å². The summed E-state index contributed by atoms with van der Waals surface area (Å²) in [7, 11) is 0. The molecule has 0 N–H and O–H groups in total. The molecule has 2 amide bonds. The van der Waals surface area contributed by atoms with Gasteiger partial charge in [-0.05, 0) is 18.8 Å². The van der Waals surface area contributed by atoms with Gasteiger partial charge < -0.3 is 14.3 Å². The summed E-state index contributed by atoms with van der Waals surface area (Å²) in [6.07, 6.45) is 2.84. The monoisotopic (exact) mass is 347 g/mol. The van der Waals surface area contributed by atoms with E-state index < -0.39 is 0 Å². The molecule has 1 aromatic heterocycles. The van der Waals surface area contributed by atoms with Crippen LogP contribution >= 0.6 is 0 Å². The summed E-state index contributed by atoms with van der Waals surface area (Å²) < 4.78 is 5.00. The van der Waals surface area contributed by atoms with Crippen LogP contribution in [0, 0.1) is 18.8 Å². The molecule has 3 aliphatic rings. The minimum Gasteiger partial charge on any atom is -0.342 e. The van der Waals surface area contributed by atoms with E-state index in [0.717, 1.165) is 19.6 Å². The zero-order valence-corrected chi connectivity index (χ0v) is 14.7. The van der Waals surface area contributed by atoms with Crippen molar-refractivity contribution in [3.63, 3.8) is 0 Å². The molecular formula is C17H25N5O3. The van der Waals surface area contributed by atoms with E-state index in [1.54, 1.807) is 6.92 Å². The Bertz CT molecular complexity index is 648. The predicted molar refractivity (Wildman–Crippen MR) is 88.3 cm³/mol. The highest BCUT2D eigenvalue weighted by molar-refractivity contribution is 5.89. The normalized spacial score (nSPS) is 25.0. The van der Waals surface area contributed by atoms with Crippen molar-refractivity contribution >= 4 is 11.8 Å². The number of rotatable bonds is 5. The molecular weight excluding hydrogens is 322 g/mol. The second-order valence-electron chi connectivity index (χ2n) is 7.47. The Kier molecular flexibility index (Phi) is 4.45. The fourth-order valence-electron chi connectivity index (χ4n) is 3.72. The van der Waals surface area contributed by atoms with E-state index in [9.17, 15) is 9.59 Å². The van der Waals surface area contributed by atoms with E-state index in [4.69, 9.17) is 4.52 Å². The van der Waals surface area contributed by atoms with Crippen molar-refractivity contribution in [1.82, 2.24) is 24.8 Å². The van der Waals surface area contributed by atoms with E-state index >= 15 is 0 Å². The molecule has 1 saturated carbocycles. The van der Waals surface area contributed by atoms with E-state index in [1.165, 1.54) is 12.8 Å². The third-order valence-electron chi connectivity index (χ3n) is 5.36. The lowest BCUT2D eigenvalue weighted by atomic mass is 10.1. The minimum atomic E-state index is -0.155. The van der Waals surface area contributed by atoms with Gasteiger partial charge in [0, 0.05) is 52.6 Å². The fourth-order valence-corrected chi connectivity index (χ4v) is 3.72. The standard InChI is InChI=1S/C17H25N5O3/c1-12-18-15(19-25-12)11-20-4-6-21(7-5-20)17(24)14-8-16(23)22(10-14)9-13-2-3-13/h13-14H,2-11H2,1H3/t14-/m1/s1. The molecule has 0 bridgehead atoms. The summed E-state index contributed by atoms with van der Waals surface area (Å²) in [6.45, 7) is 6.87. The number of piperazine rings is 1. The first-order chi connectivity index (χ1) is 12.1. The number of hydrogen-bond acceptors (Lipinski definition) is 6. The van der Waals surface area contributed by atoms with Gasteiger partial charge in [0.15, 0.2) is 5.82 Å². The number of amides is 2. The molecule has 3 heterocycles. The van der Waals surface area contributed by atoms with Gasteiger partial charge in [-0.3, -0.25) is 14.5 Å². The van der Waals surface area contributed by atoms with E-state index in [1.807, 2.05) is 9.80 Å². The van der Waals surface area contributed by atoms with E-state index in [-0.39, 0.29) is 17.7 Å². The number of aryl methyl sites for hydroxylation is 1. The first-order valence-corrected chi connectivity index (χ1v) is 9.16. The predicted octanol–water partition coefficient (Wildman–Crippen LogP) is 0.281. The molecule has 0 spiro atoms. The molecule has 0 aromatic carbocycles. The van der Waals surface area contributed by atoms with Crippen LogP contribution in [0.3, 0.4) is 0 Å². The second-order valence-corrected chi connectivity index (χ2v) is 7.47. The summed E-state index contributed by atoms with van der Waals surface area (Å²) in [6, 6.07) is 0. The van der Waals surface area contributed by atoms with Gasteiger partial charge in [-0.25, -0.2) is 0 Å². The Morgan fingerprint density at radius 2 is 2.00 bits per heavy atom. The number of carbonyl (C=O) groups excluding carboxylic acids is 2. The van der Waals surface area contributed by atoms with Gasteiger partial charge in [-0.1, -0.05) is 5.16 Å². The van der Waals surface area contributed by atoms with Crippen molar-refractivity contribution in [2.24, 2.45) is 11.8 Å². The molecule has 0 radical (unpaired) electrons. The van der Waals surface area contributed by atoms with Gasteiger partial charge in [0.2, 0.25) is 17.7 Å². The van der Waals surface area contributed by atoms with Crippen LogP contribution in [0.4, 0.5) is 0 Å². The molecule has 25 heavy (non-hydrogen) atoms. The molecule has 8 heteroatoms. The van der Waals surface area contributed by atoms with Crippen LogP contribution < -0.4 is 0 Å². The highest BCUT2D eigenvalue weighted by atomic mass is 16.5. The minimum absolute atomic E-state index is 0.140. The second kappa shape index (κ2) is 6.74. The average molecular weight is 347 g/mol. The Morgan fingerprint density at radius 1 is 1.24 bits per heavy atom. The lowest BCUT2D eigenvalue weighted by Gasteiger charge is -2.35. The van der Waals surface area contributed by atoms with Crippen molar-refractivity contribution in [2.45, 2.75) is 32.7 Å². The lowest BCUT2D eigenvalue weighted by molar-refractivity contribution is -0.137. The van der Waals surface area contributed by atoms with Crippen molar-refractivity contribution in [1.29, 1.82) is 0 Å². The van der Waals surface area contributed by atoms with Crippen molar-refractivity contribution in [3.8, 4) is 0 Å². The van der Waals surface area contributed by atoms with Gasteiger partial charge in [0.25, 0.3) is 0 Å². The number of likely N-dealkylation sites (tertiary alicyclic amines) is 1. The van der Waals surface area contributed by atoms with Gasteiger partial charge in [0.05, 0.1) is 12.5 Å². The Morgan fingerprint density at radius 3 is 2.64 bits per heavy atom. The largest absolute Gasteiger partial charge is 0.342 e. The van der Waals surface area contributed by atoms with Crippen LogP contribution in [-0.2, 0) is 16.1 Å². The zero-order valence-electron chi connectivity index (χ0n) is 14.7. The SMILES string of the molecule is Cc1nc(CN2CCN(C(=O)[C@@H]3CC(=O)N(CC4CC4)C3)CC2)no1. The Hall–Kier alpha value is -1.96. The van der Waals surface area contributed by atoms with Gasteiger partial charge in [-0.2, -0.15) is 4.98 Å². The van der Waals surface area contributed by atoms with Crippen molar-refractivity contribution < 1.29 is 14.1 Å². The smallest absolute Gasteiger partial charge is 0.228 e. The summed E-state index contributed by atoms with van der Waals surface area (Å²) >= 11 is 0. The van der Waals surface area contributed by atoms with Crippen molar-refractivity contribution in [2.75, 3.05) is 39.3 Å². The third kappa shape index (κ3) is 3.84. The van der Waals surface area contributed by atoms with Gasteiger partial charge in [0.1, 0.15) is 0 Å². The lowest BCUT2D eigenvalue weighted by Crippen LogP contribution is -2.50. The number of hydrogen-bond donors (Lipinski definition) is 0. The molecule has 1 aliphatic carbocycles. The number of nitrogens with zero attached hydrogens (tertiary/aromatic N) is 5. The van der Waals surface area contributed by atoms with Gasteiger partial charge in [-0.15, -0.1) is 0 Å². The highest BCUT2D eigenvalue weighted by Gasteiger charge is 2.39. The highest BCUT2D eigenvalue weighted by Crippen LogP contribution is 2.32. The summed E-state index contributed by atoms with van der Waals surface area (Å²) in [5, 5.41) is 3.92. The van der Waals surface area contributed by atoms with Crippen LogP contribution in [-0.4, -0.2) is 75.9 Å².